The van der Waals surface area contributed by atoms with Crippen molar-refractivity contribution in [2.75, 3.05) is 6.54 Å². The van der Waals surface area contributed by atoms with Crippen LogP contribution in [0.15, 0.2) is 16.8 Å². The summed E-state index contributed by atoms with van der Waals surface area (Å²) in [7, 11) is 0. The van der Waals surface area contributed by atoms with Crippen LogP contribution >= 0.6 is 0 Å². The predicted octanol–water partition coefficient (Wildman–Crippen LogP) is 6.82. The first-order valence-electron chi connectivity index (χ1n) is 13.0. The number of carbonyl (C=O) groups is 1. The fourth-order valence-corrected chi connectivity index (χ4v) is 8.51. The van der Waals surface area contributed by atoms with Gasteiger partial charge in [0.25, 0.3) is 0 Å². The number of Topliss-reactive ketones (excluding diaryl/α,β-unsaturated/α-hetero) is 1. The molecule has 0 aromatic heterocycles. The van der Waals surface area contributed by atoms with Crippen molar-refractivity contribution in [3.8, 4) is 0 Å². The second-order valence-electron chi connectivity index (χ2n) is 11.4. The molecule has 0 heterocycles. The van der Waals surface area contributed by atoms with E-state index in [0.717, 1.165) is 36.5 Å². The van der Waals surface area contributed by atoms with Crippen LogP contribution in [-0.4, -0.2) is 24.7 Å². The van der Waals surface area contributed by atoms with Crippen molar-refractivity contribution in [1.82, 2.24) is 0 Å². The third kappa shape index (κ3) is 4.91. The molecule has 0 aromatic rings. The molecule has 0 radical (unpaired) electrons. The van der Waals surface area contributed by atoms with E-state index in [9.17, 15) is 18.0 Å². The third-order valence-electron chi connectivity index (χ3n) is 9.87. The number of nitrogens with two attached hydrogens (primary N) is 1. The molecule has 3 rings (SSSR count). The van der Waals surface area contributed by atoms with Gasteiger partial charge in [0.2, 0.25) is 0 Å². The van der Waals surface area contributed by atoms with Crippen LogP contribution in [0.4, 0.5) is 13.2 Å². The first-order valence-corrected chi connectivity index (χ1v) is 13.0. The first kappa shape index (κ1) is 26.3. The lowest BCUT2D eigenvalue weighted by Crippen LogP contribution is -2.49. The molecule has 3 fully saturated rings. The average Bonchev–Trinajstić information content (AvgIpc) is 2.96. The van der Waals surface area contributed by atoms with Gasteiger partial charge in [0.1, 0.15) is 5.70 Å². The minimum absolute atomic E-state index is 0.0384. The summed E-state index contributed by atoms with van der Waals surface area (Å²) in [4.78, 5) is 17.3. The van der Waals surface area contributed by atoms with Crippen molar-refractivity contribution in [2.24, 2.45) is 63.5 Å². The Bertz CT molecular complexity index is 761. The van der Waals surface area contributed by atoms with E-state index in [0.29, 0.717) is 17.8 Å². The smallest absolute Gasteiger partial charge is 0.395 e. The number of aliphatic imine (C=N–C) groups is 1. The number of rotatable bonds is 7. The van der Waals surface area contributed by atoms with Crippen molar-refractivity contribution < 1.29 is 18.0 Å². The Morgan fingerprint density at radius 1 is 1.12 bits per heavy atom. The molecular weight excluding hydrogens is 425 g/mol. The Labute approximate surface area is 197 Å². The molecule has 3 nitrogen and oxygen atoms in total. The maximum Gasteiger partial charge on any atom is 0.430 e. The van der Waals surface area contributed by atoms with Crippen molar-refractivity contribution >= 4 is 12.0 Å². The molecule has 3 aliphatic rings. The Hall–Kier alpha value is -1.33. The van der Waals surface area contributed by atoms with E-state index < -0.39 is 11.9 Å². The fraction of sp³-hybridized carbons (Fsp3) is 0.852. The molecule has 33 heavy (non-hydrogen) atoms. The molecular formula is C27H43F3N2O. The fourth-order valence-electron chi connectivity index (χ4n) is 8.51. The van der Waals surface area contributed by atoms with Gasteiger partial charge in [-0.1, -0.05) is 53.9 Å². The summed E-state index contributed by atoms with van der Waals surface area (Å²) in [5.41, 5.74) is 3.78. The molecule has 0 aliphatic heterocycles. The van der Waals surface area contributed by atoms with E-state index in [1.807, 2.05) is 0 Å². The number of ketones is 1. The number of halogens is 3. The number of nitrogens with zero attached hydrogens (tertiary/aromatic N) is 1. The summed E-state index contributed by atoms with van der Waals surface area (Å²) in [5, 5.41) is 0. The third-order valence-corrected chi connectivity index (χ3v) is 9.87. The molecule has 0 aromatic carbocycles. The number of allylic oxidation sites excluding steroid dienone is 2. The number of carbonyl (C=O) groups excluding carboxylic acids is 1. The zero-order valence-corrected chi connectivity index (χ0v) is 21.0. The monoisotopic (exact) mass is 468 g/mol. The normalized spacial score (nSPS) is 41.8. The summed E-state index contributed by atoms with van der Waals surface area (Å²) in [6, 6.07) is 0. The summed E-state index contributed by atoms with van der Waals surface area (Å²) in [6.45, 7) is 11.4. The largest absolute Gasteiger partial charge is 0.430 e. The van der Waals surface area contributed by atoms with Crippen LogP contribution in [0.2, 0.25) is 0 Å². The minimum atomic E-state index is -4.57. The summed E-state index contributed by atoms with van der Waals surface area (Å²) in [6.07, 6.45) is 5.90. The van der Waals surface area contributed by atoms with Crippen LogP contribution in [0, 0.1) is 52.8 Å². The molecule has 3 aliphatic carbocycles. The second-order valence-corrected chi connectivity index (χ2v) is 11.4. The average molecular weight is 469 g/mol. The first-order chi connectivity index (χ1) is 15.5. The molecule has 188 valence electrons. The van der Waals surface area contributed by atoms with Crippen LogP contribution in [0.25, 0.3) is 0 Å². The van der Waals surface area contributed by atoms with Gasteiger partial charge >= 0.3 is 6.18 Å². The van der Waals surface area contributed by atoms with Gasteiger partial charge in [0.15, 0.2) is 5.78 Å². The summed E-state index contributed by atoms with van der Waals surface area (Å²) >= 11 is 0. The van der Waals surface area contributed by atoms with Gasteiger partial charge in [-0.3, -0.25) is 9.79 Å². The molecule has 0 saturated heterocycles. The lowest BCUT2D eigenvalue weighted by Gasteiger charge is -2.55. The van der Waals surface area contributed by atoms with Gasteiger partial charge in [-0.05, 0) is 78.6 Å². The van der Waals surface area contributed by atoms with E-state index >= 15 is 0 Å². The van der Waals surface area contributed by atoms with Crippen molar-refractivity contribution in [1.29, 1.82) is 0 Å². The van der Waals surface area contributed by atoms with Gasteiger partial charge in [-0.15, -0.1) is 0 Å². The van der Waals surface area contributed by atoms with Crippen LogP contribution in [-0.2, 0) is 4.79 Å². The predicted molar refractivity (Wildman–Crippen MR) is 128 cm³/mol. The summed E-state index contributed by atoms with van der Waals surface area (Å²) in [5.74, 6) is 4.41. The minimum Gasteiger partial charge on any atom is -0.395 e. The highest BCUT2D eigenvalue weighted by Gasteiger charge is 2.62. The molecule has 6 heteroatoms. The topological polar surface area (TPSA) is 55.5 Å². The number of alkyl halides is 3. The van der Waals surface area contributed by atoms with Gasteiger partial charge in [-0.25, -0.2) is 0 Å². The highest BCUT2D eigenvalue weighted by atomic mass is 19.4. The molecule has 0 bridgehead atoms. The zero-order chi connectivity index (χ0) is 24.6. The van der Waals surface area contributed by atoms with E-state index in [4.69, 9.17) is 5.73 Å². The van der Waals surface area contributed by atoms with Crippen LogP contribution in [0.5, 0.6) is 0 Å². The standard InChI is InChI=1S/C27H43F3N2O/c1-6-8-19-18(7-2)9-10-21-20(19)11-13-26(5)24(21)16(3)17(4)25(26)22(33)15-32-14-12-23(31)27(28,29)30/h12,14,16-21,24-25H,6-11,13,15,31H2,1-5H3/t16-,17?,18?,19?,20?,21?,24?,25?,26?/m1/s1. The highest BCUT2D eigenvalue weighted by Crippen LogP contribution is 2.66. The summed E-state index contributed by atoms with van der Waals surface area (Å²) < 4.78 is 37.6. The Morgan fingerprint density at radius 2 is 1.82 bits per heavy atom. The second kappa shape index (κ2) is 10.1. The SMILES string of the molecule is CCCC1C(CC)CCC2C1CCC1(C)C(C(=O)CN=CC=C(N)C(F)(F)F)C(C)[C@@H](C)C21. The van der Waals surface area contributed by atoms with Gasteiger partial charge in [-0.2, -0.15) is 13.2 Å². The van der Waals surface area contributed by atoms with E-state index in [1.165, 1.54) is 38.5 Å². The molecule has 0 spiro atoms. The van der Waals surface area contributed by atoms with Crippen molar-refractivity contribution in [3.63, 3.8) is 0 Å². The number of hydrogen-bond acceptors (Lipinski definition) is 3. The molecule has 0 amide bonds. The molecule has 8 unspecified atom stereocenters. The molecule has 9 atom stereocenters. The zero-order valence-electron chi connectivity index (χ0n) is 21.0. The quantitative estimate of drug-likeness (QED) is 0.417. The molecule has 2 N–H and O–H groups in total. The van der Waals surface area contributed by atoms with Crippen LogP contribution < -0.4 is 5.73 Å². The van der Waals surface area contributed by atoms with Gasteiger partial charge in [0, 0.05) is 12.1 Å². The Balaban J connectivity index is 1.78. The van der Waals surface area contributed by atoms with Crippen LogP contribution in [0.3, 0.4) is 0 Å². The lowest BCUT2D eigenvalue weighted by molar-refractivity contribution is -0.129. The van der Waals surface area contributed by atoms with Crippen LogP contribution in [0.1, 0.15) is 79.6 Å². The van der Waals surface area contributed by atoms with Crippen molar-refractivity contribution in [2.45, 2.75) is 85.7 Å². The van der Waals surface area contributed by atoms with E-state index in [-0.39, 0.29) is 29.6 Å². The van der Waals surface area contributed by atoms with E-state index in [1.54, 1.807) is 0 Å². The highest BCUT2D eigenvalue weighted by molar-refractivity contribution is 5.86. The van der Waals surface area contributed by atoms with Gasteiger partial charge < -0.3 is 5.73 Å². The van der Waals surface area contributed by atoms with Crippen molar-refractivity contribution in [3.05, 3.63) is 11.8 Å². The van der Waals surface area contributed by atoms with Gasteiger partial charge in [0.05, 0.1) is 6.54 Å². The lowest BCUT2D eigenvalue weighted by atomic mass is 9.49. The molecule has 3 saturated carbocycles. The number of fused-ring (bicyclic) bond motifs is 3. The Kier molecular flexibility index (Phi) is 8.05. The maximum absolute atomic E-state index is 13.3. The number of hydrogen-bond donors (Lipinski definition) is 1. The maximum atomic E-state index is 13.3. The van der Waals surface area contributed by atoms with E-state index in [2.05, 4.69) is 39.6 Å². The Morgan fingerprint density at radius 3 is 2.42 bits per heavy atom.